The molecular weight excluding hydrogens is 376 g/mol. The second-order valence-corrected chi connectivity index (χ2v) is 6.62. The third-order valence-corrected chi connectivity index (χ3v) is 4.58. The van der Waals surface area contributed by atoms with Gasteiger partial charge in [-0.2, -0.15) is 0 Å². The number of fused-ring (bicyclic) bond motifs is 1. The maximum atomic E-state index is 12.6. The number of benzene rings is 2. The smallest absolute Gasteiger partial charge is 0.255 e. The highest BCUT2D eigenvalue weighted by Gasteiger charge is 2.25. The Kier molecular flexibility index (Phi) is 6.13. The summed E-state index contributed by atoms with van der Waals surface area (Å²) in [5.74, 6) is -0.151. The number of methoxy groups -OCH3 is 1. The van der Waals surface area contributed by atoms with Gasteiger partial charge in [-0.1, -0.05) is 17.7 Å². The van der Waals surface area contributed by atoms with Crippen LogP contribution < -0.4 is 20.7 Å². The van der Waals surface area contributed by atoms with Crippen LogP contribution in [0.1, 0.15) is 22.7 Å². The minimum atomic E-state index is -2.64. The fourth-order valence-electron chi connectivity index (χ4n) is 3.05. The van der Waals surface area contributed by atoms with Crippen LogP contribution in [0.15, 0.2) is 36.4 Å². The van der Waals surface area contributed by atoms with E-state index in [1.54, 1.807) is 18.2 Å². The van der Waals surface area contributed by atoms with Crippen LogP contribution >= 0.6 is 11.6 Å². The predicted molar refractivity (Wildman–Crippen MR) is 100 cm³/mol. The zero-order chi connectivity index (χ0) is 19.4. The molecule has 5 nitrogen and oxygen atoms in total. The topological polar surface area (TPSA) is 62.4 Å². The molecule has 27 heavy (non-hydrogen) atoms. The molecule has 2 aromatic rings. The number of alkyl halides is 2. The summed E-state index contributed by atoms with van der Waals surface area (Å²) < 4.78 is 30.5. The zero-order valence-electron chi connectivity index (χ0n) is 14.7. The van der Waals surface area contributed by atoms with E-state index in [2.05, 4.69) is 16.0 Å². The van der Waals surface area contributed by atoms with Crippen molar-refractivity contribution in [2.24, 2.45) is 0 Å². The SMILES string of the molecule is COc1ccc(Cl)cc1[C@H](Nc1ccc2c(c1)CNC2)C(=O)NCC(F)F. The Morgan fingerprint density at radius 2 is 2.00 bits per heavy atom. The Balaban J connectivity index is 1.92. The van der Waals surface area contributed by atoms with Crippen LogP contribution in [0.4, 0.5) is 14.5 Å². The van der Waals surface area contributed by atoms with Gasteiger partial charge in [0.25, 0.3) is 6.43 Å². The van der Waals surface area contributed by atoms with Crippen LogP contribution in [0.2, 0.25) is 5.02 Å². The molecule has 0 aliphatic carbocycles. The molecule has 0 saturated carbocycles. The van der Waals surface area contributed by atoms with Crippen LogP contribution in [-0.2, 0) is 17.9 Å². The van der Waals surface area contributed by atoms with Gasteiger partial charge in [0.2, 0.25) is 5.91 Å². The number of halogens is 3. The van der Waals surface area contributed by atoms with Crippen LogP contribution in [0, 0.1) is 0 Å². The van der Waals surface area contributed by atoms with Gasteiger partial charge in [-0.05, 0) is 41.5 Å². The van der Waals surface area contributed by atoms with Gasteiger partial charge in [-0.3, -0.25) is 4.79 Å². The number of carbonyl (C=O) groups is 1. The van der Waals surface area contributed by atoms with E-state index >= 15 is 0 Å². The number of hydrogen-bond acceptors (Lipinski definition) is 4. The number of anilines is 1. The molecule has 3 N–H and O–H groups in total. The van der Waals surface area contributed by atoms with Gasteiger partial charge in [0, 0.05) is 29.4 Å². The van der Waals surface area contributed by atoms with Crippen molar-refractivity contribution in [1.82, 2.24) is 10.6 Å². The summed E-state index contributed by atoms with van der Waals surface area (Å²) in [6, 6.07) is 9.70. The molecule has 0 radical (unpaired) electrons. The normalized spacial score (nSPS) is 14.0. The van der Waals surface area contributed by atoms with E-state index in [0.29, 0.717) is 22.0 Å². The number of carbonyl (C=O) groups excluding carboxylic acids is 1. The van der Waals surface area contributed by atoms with Crippen molar-refractivity contribution in [3.63, 3.8) is 0 Å². The fourth-order valence-corrected chi connectivity index (χ4v) is 3.23. The van der Waals surface area contributed by atoms with Crippen molar-refractivity contribution in [2.45, 2.75) is 25.6 Å². The summed E-state index contributed by atoms with van der Waals surface area (Å²) >= 11 is 6.09. The van der Waals surface area contributed by atoms with Crippen LogP contribution in [0.5, 0.6) is 5.75 Å². The van der Waals surface area contributed by atoms with Crippen LogP contribution in [-0.4, -0.2) is 26.0 Å². The summed E-state index contributed by atoms with van der Waals surface area (Å²) in [6.45, 7) is 0.817. The monoisotopic (exact) mass is 395 g/mol. The van der Waals surface area contributed by atoms with Crippen molar-refractivity contribution in [3.05, 3.63) is 58.1 Å². The molecule has 8 heteroatoms. The molecule has 0 unspecified atom stereocenters. The van der Waals surface area contributed by atoms with Crippen molar-refractivity contribution in [2.75, 3.05) is 19.0 Å². The lowest BCUT2D eigenvalue weighted by molar-refractivity contribution is -0.122. The Hall–Kier alpha value is -2.38. The van der Waals surface area contributed by atoms with Crippen LogP contribution in [0.25, 0.3) is 0 Å². The molecule has 0 bridgehead atoms. The summed E-state index contributed by atoms with van der Waals surface area (Å²) in [5.41, 5.74) is 3.50. The van der Waals surface area contributed by atoms with E-state index in [-0.39, 0.29) is 0 Å². The fraction of sp³-hybridized carbons (Fsp3) is 0.316. The summed E-state index contributed by atoms with van der Waals surface area (Å²) in [4.78, 5) is 12.6. The summed E-state index contributed by atoms with van der Waals surface area (Å²) in [6.07, 6.45) is -2.64. The number of rotatable bonds is 7. The highest BCUT2D eigenvalue weighted by atomic mass is 35.5. The Morgan fingerprint density at radius 1 is 1.22 bits per heavy atom. The Bertz CT molecular complexity index is 833. The molecule has 3 rings (SSSR count). The highest BCUT2D eigenvalue weighted by Crippen LogP contribution is 2.32. The molecular formula is C19H20ClF2N3O2. The molecule has 1 atom stereocenters. The molecule has 0 aromatic heterocycles. The van der Waals surface area contributed by atoms with Crippen molar-refractivity contribution in [1.29, 1.82) is 0 Å². The van der Waals surface area contributed by atoms with Crippen LogP contribution in [0.3, 0.4) is 0 Å². The van der Waals surface area contributed by atoms with E-state index in [4.69, 9.17) is 16.3 Å². The predicted octanol–water partition coefficient (Wildman–Crippen LogP) is 3.49. The lowest BCUT2D eigenvalue weighted by Crippen LogP contribution is -2.36. The molecule has 1 amide bonds. The van der Waals surface area contributed by atoms with E-state index in [9.17, 15) is 13.6 Å². The first-order valence-electron chi connectivity index (χ1n) is 8.46. The first-order chi connectivity index (χ1) is 13.0. The quantitative estimate of drug-likeness (QED) is 0.671. The average Bonchev–Trinajstić information content (AvgIpc) is 3.12. The van der Waals surface area contributed by atoms with E-state index in [0.717, 1.165) is 18.7 Å². The van der Waals surface area contributed by atoms with Crippen molar-refractivity contribution < 1.29 is 18.3 Å². The maximum Gasteiger partial charge on any atom is 0.255 e. The zero-order valence-corrected chi connectivity index (χ0v) is 15.4. The van der Waals surface area contributed by atoms with E-state index < -0.39 is 24.9 Å². The first-order valence-corrected chi connectivity index (χ1v) is 8.84. The molecule has 2 aromatic carbocycles. The van der Waals surface area contributed by atoms with Gasteiger partial charge in [0.1, 0.15) is 11.8 Å². The molecule has 0 spiro atoms. The second-order valence-electron chi connectivity index (χ2n) is 6.19. The maximum absolute atomic E-state index is 12.6. The minimum Gasteiger partial charge on any atom is -0.496 e. The van der Waals surface area contributed by atoms with Crippen molar-refractivity contribution >= 4 is 23.2 Å². The third-order valence-electron chi connectivity index (χ3n) is 4.34. The largest absolute Gasteiger partial charge is 0.496 e. The minimum absolute atomic E-state index is 0.414. The van der Waals surface area contributed by atoms with Gasteiger partial charge in [-0.15, -0.1) is 0 Å². The molecule has 0 fully saturated rings. The summed E-state index contributed by atoms with van der Waals surface area (Å²) in [7, 11) is 1.47. The van der Waals surface area contributed by atoms with Gasteiger partial charge in [0.15, 0.2) is 0 Å². The van der Waals surface area contributed by atoms with E-state index in [1.807, 2.05) is 18.2 Å². The number of ether oxygens (including phenoxy) is 1. The summed E-state index contributed by atoms with van der Waals surface area (Å²) in [5, 5.41) is 9.06. The number of nitrogens with one attached hydrogen (secondary N) is 3. The lowest BCUT2D eigenvalue weighted by Gasteiger charge is -2.22. The molecule has 1 aliphatic rings. The third kappa shape index (κ3) is 4.67. The molecule has 0 saturated heterocycles. The van der Waals surface area contributed by atoms with E-state index in [1.165, 1.54) is 12.7 Å². The second kappa shape index (κ2) is 8.54. The molecule has 1 heterocycles. The molecule has 1 aliphatic heterocycles. The van der Waals surface area contributed by atoms with Gasteiger partial charge < -0.3 is 20.7 Å². The van der Waals surface area contributed by atoms with Gasteiger partial charge in [0.05, 0.1) is 13.7 Å². The van der Waals surface area contributed by atoms with Gasteiger partial charge >= 0.3 is 0 Å². The molecule has 144 valence electrons. The first kappa shape index (κ1) is 19.4. The highest BCUT2D eigenvalue weighted by molar-refractivity contribution is 6.30. The number of hydrogen-bond donors (Lipinski definition) is 3. The average molecular weight is 396 g/mol. The lowest BCUT2D eigenvalue weighted by atomic mass is 10.0. The Labute approximate surface area is 161 Å². The number of amides is 1. The Morgan fingerprint density at radius 3 is 2.74 bits per heavy atom. The standard InChI is InChI=1S/C19H20ClF2N3O2/c1-27-16-5-3-13(20)7-15(16)18(19(26)24-10-17(21)22)25-14-4-2-11-8-23-9-12(11)6-14/h2-7,17-18,23,25H,8-10H2,1H3,(H,24,26)/t18-/m0/s1. The van der Waals surface area contributed by atoms with Gasteiger partial charge in [-0.25, -0.2) is 8.78 Å². The van der Waals surface area contributed by atoms with Crippen molar-refractivity contribution in [3.8, 4) is 5.75 Å².